The Morgan fingerprint density at radius 3 is 2.93 bits per heavy atom. The first kappa shape index (κ1) is 8.80. The fourth-order valence-corrected chi connectivity index (χ4v) is 1.44. The highest BCUT2D eigenvalue weighted by Gasteiger charge is 2.26. The molecule has 1 N–H and O–H groups in total. The lowest BCUT2D eigenvalue weighted by Crippen LogP contribution is -2.08. The highest BCUT2D eigenvalue weighted by atomic mass is 19.1. The van der Waals surface area contributed by atoms with E-state index >= 15 is 0 Å². The van der Waals surface area contributed by atoms with E-state index in [1.165, 1.54) is 7.11 Å². The van der Waals surface area contributed by atoms with Gasteiger partial charge in [0.05, 0.1) is 12.8 Å². The molecule has 5 heteroatoms. The predicted octanol–water partition coefficient (Wildman–Crippen LogP) is 1.92. The van der Waals surface area contributed by atoms with Crippen LogP contribution < -0.4 is 15.4 Å². The first-order chi connectivity index (χ1) is 6.63. The number of fused-ring (bicyclic) bond motifs is 1. The van der Waals surface area contributed by atoms with Crippen molar-refractivity contribution in [2.24, 2.45) is 0 Å². The number of ether oxygens (including phenoxy) is 1. The van der Waals surface area contributed by atoms with Crippen LogP contribution in [0.25, 0.3) is 0 Å². The van der Waals surface area contributed by atoms with Crippen molar-refractivity contribution >= 4 is 17.4 Å². The number of amides is 2. The molecular formula is C9H8FN2O2. The molecule has 73 valence electrons. The van der Waals surface area contributed by atoms with Gasteiger partial charge in [-0.3, -0.25) is 0 Å². The highest BCUT2D eigenvalue weighted by molar-refractivity contribution is 6.02. The third kappa shape index (κ3) is 1.09. The number of carbonyl (C=O) groups excluding carboxylic acids is 1. The van der Waals surface area contributed by atoms with Gasteiger partial charge >= 0.3 is 6.03 Å². The molecule has 1 aliphatic heterocycles. The molecule has 14 heavy (non-hydrogen) atoms. The number of carbonyl (C=O) groups is 1. The second-order valence-corrected chi connectivity index (χ2v) is 2.98. The molecule has 0 spiro atoms. The minimum absolute atomic E-state index is 0.0949. The van der Waals surface area contributed by atoms with Gasteiger partial charge in [-0.1, -0.05) is 0 Å². The van der Waals surface area contributed by atoms with E-state index in [0.29, 0.717) is 11.3 Å². The SMILES string of the molecule is COc1c(C)cc2c(c1F)NC(=O)[N]2. The van der Waals surface area contributed by atoms with Crippen LogP contribution in [0.15, 0.2) is 6.07 Å². The van der Waals surface area contributed by atoms with Crippen molar-refractivity contribution < 1.29 is 13.9 Å². The van der Waals surface area contributed by atoms with Gasteiger partial charge in [0.1, 0.15) is 5.69 Å². The third-order valence-electron chi connectivity index (χ3n) is 2.04. The van der Waals surface area contributed by atoms with Gasteiger partial charge < -0.3 is 10.1 Å². The molecule has 4 nitrogen and oxygen atoms in total. The Morgan fingerprint density at radius 1 is 1.57 bits per heavy atom. The number of hydrogen-bond acceptors (Lipinski definition) is 2. The van der Waals surface area contributed by atoms with Gasteiger partial charge in [-0.15, -0.1) is 0 Å². The molecule has 0 saturated heterocycles. The van der Waals surface area contributed by atoms with Crippen molar-refractivity contribution in [3.63, 3.8) is 0 Å². The summed E-state index contributed by atoms with van der Waals surface area (Å²) in [5.74, 6) is -0.432. The van der Waals surface area contributed by atoms with E-state index in [2.05, 4.69) is 10.6 Å². The van der Waals surface area contributed by atoms with E-state index in [0.717, 1.165) is 0 Å². The average molecular weight is 195 g/mol. The molecule has 1 aromatic carbocycles. The normalized spacial score (nSPS) is 13.2. The zero-order valence-corrected chi connectivity index (χ0v) is 7.72. The summed E-state index contributed by atoms with van der Waals surface area (Å²) in [4.78, 5) is 10.9. The summed E-state index contributed by atoms with van der Waals surface area (Å²) in [6.45, 7) is 1.69. The zero-order valence-electron chi connectivity index (χ0n) is 7.72. The molecule has 0 aliphatic carbocycles. The van der Waals surface area contributed by atoms with Crippen LogP contribution in [-0.2, 0) is 0 Å². The van der Waals surface area contributed by atoms with E-state index in [1.54, 1.807) is 13.0 Å². The minimum Gasteiger partial charge on any atom is -0.493 e. The highest BCUT2D eigenvalue weighted by Crippen LogP contribution is 2.37. The maximum Gasteiger partial charge on any atom is 0.346 e. The first-order valence-corrected chi connectivity index (χ1v) is 4.03. The number of nitrogens with one attached hydrogen (secondary N) is 1. The molecule has 0 aromatic heterocycles. The van der Waals surface area contributed by atoms with Gasteiger partial charge in [0, 0.05) is 0 Å². The van der Waals surface area contributed by atoms with Gasteiger partial charge in [0.25, 0.3) is 0 Å². The van der Waals surface area contributed by atoms with Gasteiger partial charge in [0.15, 0.2) is 11.6 Å². The Balaban J connectivity index is 2.62. The number of aryl methyl sites for hydroxylation is 1. The van der Waals surface area contributed by atoms with Crippen molar-refractivity contribution in [2.75, 3.05) is 12.4 Å². The molecule has 1 radical (unpaired) electrons. The van der Waals surface area contributed by atoms with Crippen molar-refractivity contribution in [3.05, 3.63) is 17.4 Å². The van der Waals surface area contributed by atoms with Gasteiger partial charge in [-0.05, 0) is 18.6 Å². The smallest absolute Gasteiger partial charge is 0.346 e. The molecule has 1 aliphatic rings. The van der Waals surface area contributed by atoms with Gasteiger partial charge in [0.2, 0.25) is 0 Å². The predicted molar refractivity (Wildman–Crippen MR) is 48.5 cm³/mol. The van der Waals surface area contributed by atoms with E-state index in [9.17, 15) is 9.18 Å². The molecule has 0 bridgehead atoms. The lowest BCUT2D eigenvalue weighted by molar-refractivity contribution is 0.256. The van der Waals surface area contributed by atoms with Crippen LogP contribution in [-0.4, -0.2) is 13.1 Å². The molecule has 0 atom stereocenters. The van der Waals surface area contributed by atoms with Gasteiger partial charge in [-0.25, -0.2) is 9.18 Å². The molecule has 2 rings (SSSR count). The molecule has 1 aromatic rings. The van der Waals surface area contributed by atoms with Crippen LogP contribution in [0, 0.1) is 12.7 Å². The van der Waals surface area contributed by atoms with Crippen LogP contribution in [0.5, 0.6) is 5.75 Å². The van der Waals surface area contributed by atoms with Crippen molar-refractivity contribution in [3.8, 4) is 5.75 Å². The van der Waals surface area contributed by atoms with Crippen LogP contribution in [0.2, 0.25) is 0 Å². The number of methoxy groups -OCH3 is 1. The topological polar surface area (TPSA) is 52.4 Å². The Hall–Kier alpha value is -1.78. The molecule has 2 amide bonds. The number of benzene rings is 1. The largest absolute Gasteiger partial charge is 0.493 e. The number of rotatable bonds is 1. The number of nitrogens with zero attached hydrogens (tertiary/aromatic N) is 1. The second-order valence-electron chi connectivity index (χ2n) is 2.98. The fraction of sp³-hybridized carbons (Fsp3) is 0.222. The maximum atomic E-state index is 13.6. The summed E-state index contributed by atoms with van der Waals surface area (Å²) in [5.41, 5.74) is 1.03. The Bertz CT molecular complexity index is 418. The molecular weight excluding hydrogens is 187 g/mol. The van der Waals surface area contributed by atoms with Gasteiger partial charge in [-0.2, -0.15) is 5.32 Å². The maximum absolute atomic E-state index is 13.6. The van der Waals surface area contributed by atoms with E-state index < -0.39 is 11.8 Å². The monoisotopic (exact) mass is 195 g/mol. The summed E-state index contributed by atoms with van der Waals surface area (Å²) in [5, 5.41) is 5.91. The van der Waals surface area contributed by atoms with E-state index in [4.69, 9.17) is 4.74 Å². The quantitative estimate of drug-likeness (QED) is 0.744. The number of urea groups is 1. The summed E-state index contributed by atoms with van der Waals surface area (Å²) >= 11 is 0. The Morgan fingerprint density at radius 2 is 2.29 bits per heavy atom. The lowest BCUT2D eigenvalue weighted by atomic mass is 10.1. The average Bonchev–Trinajstić information content (AvgIpc) is 2.47. The van der Waals surface area contributed by atoms with E-state index in [1.807, 2.05) is 0 Å². The zero-order chi connectivity index (χ0) is 10.3. The standard InChI is InChI=1S/C9H8FN2O2/c1-4-3-5-7(12-9(13)11-5)6(10)8(4)14-2/h3H,1-2H3,(H,12,13). The molecule has 0 unspecified atom stereocenters. The summed E-state index contributed by atoms with van der Waals surface area (Å²) in [7, 11) is 1.38. The fourth-order valence-electron chi connectivity index (χ4n) is 1.44. The lowest BCUT2D eigenvalue weighted by Gasteiger charge is -2.08. The van der Waals surface area contributed by atoms with Crippen LogP contribution in [0.4, 0.5) is 20.6 Å². The summed E-state index contributed by atoms with van der Waals surface area (Å²) in [6.07, 6.45) is 0. The first-order valence-electron chi connectivity index (χ1n) is 4.03. The van der Waals surface area contributed by atoms with Crippen LogP contribution in [0.3, 0.4) is 0 Å². The molecule has 1 heterocycles. The summed E-state index contributed by atoms with van der Waals surface area (Å²) < 4.78 is 18.5. The summed E-state index contributed by atoms with van der Waals surface area (Å²) in [6, 6.07) is 1.06. The number of halogens is 1. The van der Waals surface area contributed by atoms with Crippen molar-refractivity contribution in [1.82, 2.24) is 5.32 Å². The van der Waals surface area contributed by atoms with E-state index in [-0.39, 0.29) is 11.4 Å². The Labute approximate surface area is 80.1 Å². The third-order valence-corrected chi connectivity index (χ3v) is 2.04. The second kappa shape index (κ2) is 2.87. The van der Waals surface area contributed by atoms with Crippen LogP contribution in [0.1, 0.15) is 5.56 Å². The number of anilines is 1. The van der Waals surface area contributed by atoms with Crippen molar-refractivity contribution in [2.45, 2.75) is 6.92 Å². The van der Waals surface area contributed by atoms with Crippen LogP contribution >= 0.6 is 0 Å². The van der Waals surface area contributed by atoms with Crippen molar-refractivity contribution in [1.29, 1.82) is 0 Å². The number of hydrogen-bond donors (Lipinski definition) is 1. The molecule has 0 fully saturated rings. The Kier molecular flexibility index (Phi) is 1.80. The minimum atomic E-state index is -0.572. The molecule has 0 saturated carbocycles.